The van der Waals surface area contributed by atoms with Crippen molar-refractivity contribution in [2.24, 2.45) is 0 Å². The lowest BCUT2D eigenvalue weighted by Crippen LogP contribution is -2.36. The molecule has 2 atom stereocenters. The lowest BCUT2D eigenvalue weighted by Gasteiger charge is -2.26. The van der Waals surface area contributed by atoms with Gasteiger partial charge in [-0.15, -0.1) is 11.8 Å². The van der Waals surface area contributed by atoms with Crippen molar-refractivity contribution in [3.8, 4) is 11.5 Å². The monoisotopic (exact) mass is 730 g/mol. The van der Waals surface area contributed by atoms with Gasteiger partial charge in [-0.2, -0.15) is 13.2 Å². The standard InChI is InChI=1S/C34H35Cl2F3O8S/c1-3-9-24-27(14-13-22(20(2)40)31(24)43)46-17-8-6-4-5-7-10-30(25(41)15-16-33(35,36)34(37,38)39)48-21-11-12-23-26(42)19-29(32(44)45)47-28(23)18-21/h4-5,7,10-14,18-19,25,30,41,43H,3,6,8-9,15-17H2,1-2H3,(H,44,45)/b5-4-,10-7+/t25-,30+/m1/s1. The Morgan fingerprint density at radius 1 is 1.12 bits per heavy atom. The van der Waals surface area contributed by atoms with Crippen molar-refractivity contribution in [1.29, 1.82) is 0 Å². The molecule has 3 N–H and O–H groups in total. The average Bonchev–Trinajstić information content (AvgIpc) is 3.01. The number of hydrogen-bond donors (Lipinski definition) is 3. The molecule has 48 heavy (non-hydrogen) atoms. The van der Waals surface area contributed by atoms with Gasteiger partial charge in [-0.3, -0.25) is 9.59 Å². The van der Waals surface area contributed by atoms with Crippen LogP contribution in [0.5, 0.6) is 11.5 Å². The highest BCUT2D eigenvalue weighted by Crippen LogP contribution is 2.44. The first-order valence-electron chi connectivity index (χ1n) is 15.0. The van der Waals surface area contributed by atoms with Crippen LogP contribution in [0.25, 0.3) is 11.0 Å². The van der Waals surface area contributed by atoms with E-state index in [0.717, 1.165) is 24.2 Å². The molecule has 8 nitrogen and oxygen atoms in total. The number of allylic oxidation sites excluding steroid dienone is 3. The van der Waals surface area contributed by atoms with Crippen molar-refractivity contribution in [2.45, 2.75) is 79.1 Å². The highest BCUT2D eigenvalue weighted by Gasteiger charge is 2.52. The summed E-state index contributed by atoms with van der Waals surface area (Å²) >= 11 is 12.0. The molecule has 260 valence electrons. The third kappa shape index (κ3) is 10.5. The molecule has 0 saturated carbocycles. The Labute approximate surface area is 289 Å². The molecular formula is C34H35Cl2F3O8S. The Kier molecular flexibility index (Phi) is 14.0. The quantitative estimate of drug-likeness (QED) is 0.0410. The number of unbranched alkanes of at least 4 members (excludes halogenated alkanes) is 1. The molecule has 0 amide bonds. The van der Waals surface area contributed by atoms with E-state index in [2.05, 4.69) is 0 Å². The highest BCUT2D eigenvalue weighted by molar-refractivity contribution is 8.00. The number of carboxylic acid groups (broad SMARTS) is 1. The van der Waals surface area contributed by atoms with Crippen LogP contribution in [0.4, 0.5) is 13.2 Å². The average molecular weight is 732 g/mol. The number of carbonyl (C=O) groups excluding carboxylic acids is 1. The van der Waals surface area contributed by atoms with Crippen molar-refractivity contribution in [1.82, 2.24) is 0 Å². The van der Waals surface area contributed by atoms with Crippen LogP contribution in [-0.2, 0) is 6.42 Å². The van der Waals surface area contributed by atoms with Crippen LogP contribution in [0.2, 0.25) is 0 Å². The number of aliphatic hydroxyl groups excluding tert-OH is 1. The number of carboxylic acids is 1. The van der Waals surface area contributed by atoms with Gasteiger partial charge in [0.25, 0.3) is 0 Å². The van der Waals surface area contributed by atoms with Gasteiger partial charge in [-0.1, -0.05) is 60.9 Å². The number of alkyl halides is 5. The fourth-order valence-corrected chi connectivity index (χ4v) is 5.93. The first-order chi connectivity index (χ1) is 22.6. The topological polar surface area (TPSA) is 134 Å². The molecule has 0 bridgehead atoms. The van der Waals surface area contributed by atoms with E-state index in [1.807, 2.05) is 13.0 Å². The second kappa shape index (κ2) is 17.3. The van der Waals surface area contributed by atoms with E-state index < -0.39 is 51.9 Å². The van der Waals surface area contributed by atoms with E-state index in [4.69, 9.17) is 32.4 Å². The van der Waals surface area contributed by atoms with E-state index >= 15 is 0 Å². The lowest BCUT2D eigenvalue weighted by molar-refractivity contribution is -0.143. The SMILES string of the molecule is CCCc1c(OCCC/C=C\C=C\[C@H](Sc2ccc3c(=O)cc(C(=O)O)oc3c2)[C@H](O)CCC(Cl)(Cl)C(F)(F)F)ccc(C(C)=O)c1O. The molecular weight excluding hydrogens is 696 g/mol. The normalized spacial score (nSPS) is 13.8. The number of ketones is 1. The molecule has 0 aliphatic carbocycles. The van der Waals surface area contributed by atoms with Gasteiger partial charge in [0.1, 0.15) is 17.1 Å². The molecule has 0 aliphatic heterocycles. The van der Waals surface area contributed by atoms with Crippen LogP contribution < -0.4 is 10.2 Å². The van der Waals surface area contributed by atoms with Gasteiger partial charge in [0, 0.05) is 16.5 Å². The number of phenols is 1. The van der Waals surface area contributed by atoms with Crippen molar-refractivity contribution in [3.63, 3.8) is 0 Å². The molecule has 0 aliphatic rings. The van der Waals surface area contributed by atoms with Crippen molar-refractivity contribution in [2.75, 3.05) is 6.61 Å². The predicted molar refractivity (Wildman–Crippen MR) is 180 cm³/mol. The smallest absolute Gasteiger partial charge is 0.421 e. The summed E-state index contributed by atoms with van der Waals surface area (Å²) in [4.78, 5) is 35.9. The van der Waals surface area contributed by atoms with Gasteiger partial charge < -0.3 is 24.5 Å². The van der Waals surface area contributed by atoms with Gasteiger partial charge >= 0.3 is 12.1 Å². The third-order valence-corrected chi connectivity index (χ3v) is 9.25. The number of Topliss-reactive ketones (excluding diaryl/α,β-unsaturated/α-hetero) is 1. The maximum atomic E-state index is 13.2. The number of carbonyl (C=O) groups is 2. The second-order valence-corrected chi connectivity index (χ2v) is 13.6. The highest BCUT2D eigenvalue weighted by atomic mass is 35.5. The van der Waals surface area contributed by atoms with Crippen LogP contribution in [0.1, 0.15) is 72.4 Å². The predicted octanol–water partition coefficient (Wildman–Crippen LogP) is 8.66. The maximum Gasteiger partial charge on any atom is 0.421 e. The number of halogens is 5. The molecule has 1 heterocycles. The fourth-order valence-electron chi connectivity index (χ4n) is 4.61. The van der Waals surface area contributed by atoms with E-state index in [9.17, 15) is 42.9 Å². The first kappa shape index (κ1) is 39.0. The number of phenolic OH excluding ortho intramolecular Hbond substituents is 1. The number of benzene rings is 2. The maximum absolute atomic E-state index is 13.2. The minimum Gasteiger partial charge on any atom is -0.507 e. The van der Waals surface area contributed by atoms with Crippen molar-refractivity contribution in [3.05, 3.63) is 87.8 Å². The largest absolute Gasteiger partial charge is 0.507 e. The zero-order valence-corrected chi connectivity index (χ0v) is 28.4. The van der Waals surface area contributed by atoms with E-state index in [1.54, 1.807) is 30.4 Å². The summed E-state index contributed by atoms with van der Waals surface area (Å²) in [6.45, 7) is 3.67. The number of rotatable bonds is 17. The van der Waals surface area contributed by atoms with E-state index in [-0.39, 0.29) is 28.1 Å². The Hall–Kier alpha value is -3.45. The summed E-state index contributed by atoms with van der Waals surface area (Å²) < 4.78 is 47.8. The third-order valence-electron chi connectivity index (χ3n) is 7.17. The zero-order valence-electron chi connectivity index (χ0n) is 26.1. The Balaban J connectivity index is 1.70. The Bertz CT molecular complexity index is 1720. The Morgan fingerprint density at radius 3 is 2.50 bits per heavy atom. The second-order valence-electron chi connectivity index (χ2n) is 10.9. The van der Waals surface area contributed by atoms with E-state index in [1.165, 1.54) is 25.1 Å². The van der Waals surface area contributed by atoms with Crippen LogP contribution in [0.15, 0.2) is 74.8 Å². The van der Waals surface area contributed by atoms with Crippen LogP contribution in [-0.4, -0.2) is 55.5 Å². The summed E-state index contributed by atoms with van der Waals surface area (Å²) in [6, 6.07) is 8.46. The number of ether oxygens (including phenoxy) is 1. The van der Waals surface area contributed by atoms with Gasteiger partial charge in [0.05, 0.1) is 28.9 Å². The van der Waals surface area contributed by atoms with Crippen LogP contribution in [0, 0.1) is 0 Å². The summed E-state index contributed by atoms with van der Waals surface area (Å²) in [5.41, 5.74) is 0.258. The van der Waals surface area contributed by atoms with Gasteiger partial charge in [0.15, 0.2) is 11.2 Å². The molecule has 3 rings (SSSR count). The number of fused-ring (bicyclic) bond motifs is 1. The van der Waals surface area contributed by atoms with Crippen LogP contribution >= 0.6 is 35.0 Å². The number of thioether (sulfide) groups is 1. The van der Waals surface area contributed by atoms with Gasteiger partial charge in [-0.05, 0) is 69.4 Å². The number of aromatic hydroxyl groups is 1. The minimum absolute atomic E-state index is 0.00587. The molecule has 0 unspecified atom stereocenters. The summed E-state index contributed by atoms with van der Waals surface area (Å²) in [5, 5.41) is 30.0. The van der Waals surface area contributed by atoms with Crippen molar-refractivity contribution >= 4 is 57.7 Å². The summed E-state index contributed by atoms with van der Waals surface area (Å²) in [6.07, 6.45) is 1.84. The number of hydrogen-bond acceptors (Lipinski definition) is 8. The van der Waals surface area contributed by atoms with Gasteiger partial charge in [-0.25, -0.2) is 4.79 Å². The Morgan fingerprint density at radius 2 is 1.85 bits per heavy atom. The summed E-state index contributed by atoms with van der Waals surface area (Å²) in [5.74, 6) is -1.79. The summed E-state index contributed by atoms with van der Waals surface area (Å²) in [7, 11) is 0. The molecule has 0 spiro atoms. The zero-order chi connectivity index (χ0) is 35.6. The minimum atomic E-state index is -4.91. The molecule has 0 radical (unpaired) electrons. The van der Waals surface area contributed by atoms with Crippen LogP contribution in [0.3, 0.4) is 0 Å². The molecule has 0 saturated heterocycles. The van der Waals surface area contributed by atoms with E-state index in [0.29, 0.717) is 42.1 Å². The number of aromatic carboxylic acids is 1. The molecule has 3 aromatic rings. The molecule has 0 fully saturated rings. The van der Waals surface area contributed by atoms with Crippen molar-refractivity contribution < 1.29 is 47.2 Å². The number of aliphatic hydroxyl groups is 1. The molecule has 14 heteroatoms. The molecule has 1 aromatic heterocycles. The molecule has 2 aromatic carbocycles. The fraction of sp³-hybridized carbons (Fsp3) is 0.382. The lowest BCUT2D eigenvalue weighted by atomic mass is 10.0. The first-order valence-corrected chi connectivity index (χ1v) is 16.6. The van der Waals surface area contributed by atoms with Gasteiger partial charge in [0.2, 0.25) is 10.1 Å².